The molecule has 1 aliphatic rings. The molecule has 4 rings (SSSR count). The molecule has 0 saturated carbocycles. The van der Waals surface area contributed by atoms with E-state index in [1.54, 1.807) is 32.4 Å². The quantitative estimate of drug-likeness (QED) is 0.565. The van der Waals surface area contributed by atoms with Gasteiger partial charge in [-0.3, -0.25) is 14.5 Å². The van der Waals surface area contributed by atoms with Gasteiger partial charge in [-0.15, -0.1) is 0 Å². The van der Waals surface area contributed by atoms with Gasteiger partial charge in [-0.25, -0.2) is 0 Å². The smallest absolute Gasteiger partial charge is 0.278 e. The molecule has 0 fully saturated rings. The summed E-state index contributed by atoms with van der Waals surface area (Å²) in [4.78, 5) is 28.0. The Labute approximate surface area is 187 Å². The fourth-order valence-electron chi connectivity index (χ4n) is 3.65. The van der Waals surface area contributed by atoms with Crippen LogP contribution >= 0.6 is 0 Å². The number of aryl methyl sites for hydroxylation is 1. The van der Waals surface area contributed by atoms with Gasteiger partial charge in [-0.2, -0.15) is 0 Å². The first-order valence-electron chi connectivity index (χ1n) is 10.2. The largest absolute Gasteiger partial charge is 0.493 e. The topological polar surface area (TPSA) is 67.9 Å². The standard InChI is InChI=1S/C26H24N2O4/c1-17-9-11-19(12-10-17)23-24(27-20-13-14-21(31-2)22(15-20)32-3)26(30)28(25(23)29)16-18-7-5-4-6-8-18/h4-15,27H,16H2,1-3H3. The zero-order valence-electron chi connectivity index (χ0n) is 18.2. The molecule has 1 aliphatic heterocycles. The van der Waals surface area contributed by atoms with E-state index in [9.17, 15) is 9.59 Å². The van der Waals surface area contributed by atoms with E-state index in [2.05, 4.69) is 5.32 Å². The van der Waals surface area contributed by atoms with Gasteiger partial charge in [0, 0.05) is 11.8 Å². The lowest BCUT2D eigenvalue weighted by Gasteiger charge is -2.16. The zero-order chi connectivity index (χ0) is 22.7. The monoisotopic (exact) mass is 428 g/mol. The molecule has 0 bridgehead atoms. The first-order chi connectivity index (χ1) is 15.5. The first kappa shape index (κ1) is 21.2. The van der Waals surface area contributed by atoms with Crippen LogP contribution in [0.3, 0.4) is 0 Å². The molecule has 0 spiro atoms. The maximum atomic E-state index is 13.4. The minimum Gasteiger partial charge on any atom is -0.493 e. The SMILES string of the molecule is COc1ccc(NC2=C(c3ccc(C)cc3)C(=O)N(Cc3ccccc3)C2=O)cc1OC. The number of rotatable bonds is 7. The second-order valence-electron chi connectivity index (χ2n) is 7.49. The van der Waals surface area contributed by atoms with Gasteiger partial charge >= 0.3 is 0 Å². The molecule has 3 aromatic carbocycles. The van der Waals surface area contributed by atoms with Crippen molar-refractivity contribution in [3.8, 4) is 11.5 Å². The molecule has 1 N–H and O–H groups in total. The number of amides is 2. The van der Waals surface area contributed by atoms with Gasteiger partial charge in [0.2, 0.25) is 0 Å². The summed E-state index contributed by atoms with van der Waals surface area (Å²) < 4.78 is 10.7. The fraction of sp³-hybridized carbons (Fsp3) is 0.154. The van der Waals surface area contributed by atoms with Crippen molar-refractivity contribution in [2.45, 2.75) is 13.5 Å². The third-order valence-corrected chi connectivity index (χ3v) is 5.34. The molecule has 0 aliphatic carbocycles. The lowest BCUT2D eigenvalue weighted by Crippen LogP contribution is -2.31. The van der Waals surface area contributed by atoms with Crippen LogP contribution in [0.1, 0.15) is 16.7 Å². The normalized spacial score (nSPS) is 13.5. The van der Waals surface area contributed by atoms with E-state index >= 15 is 0 Å². The van der Waals surface area contributed by atoms with E-state index in [0.717, 1.165) is 11.1 Å². The minimum atomic E-state index is -0.371. The molecule has 0 atom stereocenters. The fourth-order valence-corrected chi connectivity index (χ4v) is 3.65. The Hall–Kier alpha value is -4.06. The number of nitrogens with zero attached hydrogens (tertiary/aromatic N) is 1. The Bertz CT molecular complexity index is 1180. The first-order valence-corrected chi connectivity index (χ1v) is 10.2. The molecule has 32 heavy (non-hydrogen) atoms. The second kappa shape index (κ2) is 8.98. The Morgan fingerprint density at radius 2 is 1.50 bits per heavy atom. The number of hydrogen-bond acceptors (Lipinski definition) is 5. The highest BCUT2D eigenvalue weighted by Crippen LogP contribution is 2.34. The molecular weight excluding hydrogens is 404 g/mol. The lowest BCUT2D eigenvalue weighted by molar-refractivity contribution is -0.137. The molecule has 0 aromatic heterocycles. The molecule has 6 nitrogen and oxygen atoms in total. The molecule has 162 valence electrons. The summed E-state index contributed by atoms with van der Waals surface area (Å²) >= 11 is 0. The highest BCUT2D eigenvalue weighted by molar-refractivity contribution is 6.36. The van der Waals surface area contributed by atoms with Crippen molar-refractivity contribution in [3.05, 3.63) is 95.2 Å². The van der Waals surface area contributed by atoms with Gasteiger partial charge in [0.15, 0.2) is 11.5 Å². The number of ether oxygens (including phenoxy) is 2. The predicted octanol–water partition coefficient (Wildman–Crippen LogP) is 4.40. The number of carbonyl (C=O) groups is 2. The highest BCUT2D eigenvalue weighted by atomic mass is 16.5. The number of carbonyl (C=O) groups excluding carboxylic acids is 2. The summed E-state index contributed by atoms with van der Waals surface area (Å²) in [5.41, 5.74) is 3.84. The number of hydrogen-bond donors (Lipinski definition) is 1. The van der Waals surface area contributed by atoms with Crippen molar-refractivity contribution >= 4 is 23.1 Å². The molecule has 0 radical (unpaired) electrons. The highest BCUT2D eigenvalue weighted by Gasteiger charge is 2.39. The van der Waals surface area contributed by atoms with E-state index in [1.807, 2.05) is 61.5 Å². The van der Waals surface area contributed by atoms with E-state index in [1.165, 1.54) is 4.90 Å². The van der Waals surface area contributed by atoms with Gasteiger partial charge in [-0.05, 0) is 30.2 Å². The lowest BCUT2D eigenvalue weighted by atomic mass is 10.0. The number of nitrogens with one attached hydrogen (secondary N) is 1. The summed E-state index contributed by atoms with van der Waals surface area (Å²) in [6, 6.07) is 22.3. The average molecular weight is 428 g/mol. The molecule has 1 heterocycles. The van der Waals surface area contributed by atoms with Crippen LogP contribution in [-0.2, 0) is 16.1 Å². The Balaban J connectivity index is 1.74. The number of anilines is 1. The third kappa shape index (κ3) is 4.07. The summed E-state index contributed by atoms with van der Waals surface area (Å²) in [5.74, 6) is 0.396. The van der Waals surface area contributed by atoms with Crippen LogP contribution in [-0.4, -0.2) is 30.9 Å². The van der Waals surface area contributed by atoms with E-state index in [0.29, 0.717) is 28.3 Å². The Morgan fingerprint density at radius 3 is 2.16 bits per heavy atom. The predicted molar refractivity (Wildman–Crippen MR) is 123 cm³/mol. The third-order valence-electron chi connectivity index (χ3n) is 5.34. The van der Waals surface area contributed by atoms with Gasteiger partial charge < -0.3 is 14.8 Å². The molecule has 0 unspecified atom stereocenters. The van der Waals surface area contributed by atoms with Crippen LogP contribution in [0.5, 0.6) is 11.5 Å². The van der Waals surface area contributed by atoms with Crippen LogP contribution in [0.4, 0.5) is 5.69 Å². The van der Waals surface area contributed by atoms with Crippen LogP contribution in [0, 0.1) is 6.92 Å². The van der Waals surface area contributed by atoms with Crippen molar-refractivity contribution in [2.75, 3.05) is 19.5 Å². The molecular formula is C26H24N2O4. The zero-order valence-corrected chi connectivity index (χ0v) is 18.2. The van der Waals surface area contributed by atoms with Crippen molar-refractivity contribution < 1.29 is 19.1 Å². The Morgan fingerprint density at radius 1 is 0.812 bits per heavy atom. The Kier molecular flexibility index (Phi) is 5.94. The molecule has 3 aromatic rings. The van der Waals surface area contributed by atoms with Crippen LogP contribution < -0.4 is 14.8 Å². The molecule has 2 amide bonds. The van der Waals surface area contributed by atoms with E-state index < -0.39 is 0 Å². The van der Waals surface area contributed by atoms with E-state index in [4.69, 9.17) is 9.47 Å². The summed E-state index contributed by atoms with van der Waals surface area (Å²) in [7, 11) is 3.11. The van der Waals surface area contributed by atoms with Crippen molar-refractivity contribution in [2.24, 2.45) is 0 Å². The van der Waals surface area contributed by atoms with Crippen LogP contribution in [0.15, 0.2) is 78.5 Å². The summed E-state index contributed by atoms with van der Waals surface area (Å²) in [5, 5.41) is 3.16. The van der Waals surface area contributed by atoms with Crippen molar-refractivity contribution in [3.63, 3.8) is 0 Å². The summed E-state index contributed by atoms with van der Waals surface area (Å²) in [6.45, 7) is 2.18. The maximum absolute atomic E-state index is 13.4. The number of benzene rings is 3. The average Bonchev–Trinajstić information content (AvgIpc) is 3.04. The molecule has 6 heteroatoms. The van der Waals surface area contributed by atoms with Gasteiger partial charge in [0.1, 0.15) is 5.70 Å². The van der Waals surface area contributed by atoms with Gasteiger partial charge in [0.05, 0.1) is 26.3 Å². The number of methoxy groups -OCH3 is 2. The second-order valence-corrected chi connectivity index (χ2v) is 7.49. The number of imide groups is 1. The van der Waals surface area contributed by atoms with Gasteiger partial charge in [-0.1, -0.05) is 60.2 Å². The summed E-state index contributed by atoms with van der Waals surface area (Å²) in [6.07, 6.45) is 0. The minimum absolute atomic E-state index is 0.199. The van der Waals surface area contributed by atoms with Gasteiger partial charge in [0.25, 0.3) is 11.8 Å². The maximum Gasteiger partial charge on any atom is 0.278 e. The molecule has 0 saturated heterocycles. The van der Waals surface area contributed by atoms with Crippen molar-refractivity contribution in [1.29, 1.82) is 0 Å². The van der Waals surface area contributed by atoms with Crippen LogP contribution in [0.25, 0.3) is 5.57 Å². The van der Waals surface area contributed by atoms with Crippen molar-refractivity contribution in [1.82, 2.24) is 4.90 Å². The van der Waals surface area contributed by atoms with E-state index in [-0.39, 0.29) is 24.1 Å². The van der Waals surface area contributed by atoms with Crippen LogP contribution in [0.2, 0.25) is 0 Å².